The monoisotopic (exact) mass is 327 g/mol. The van der Waals surface area contributed by atoms with E-state index in [0.717, 1.165) is 12.1 Å². The van der Waals surface area contributed by atoms with E-state index in [9.17, 15) is 18.0 Å². The number of nitrogens with one attached hydrogen (secondary N) is 1. The average Bonchev–Trinajstić information content (AvgIpc) is 2.36. The molecule has 0 aliphatic rings. The fourth-order valence-corrected chi connectivity index (χ4v) is 1.63. The highest BCUT2D eigenvalue weighted by Gasteiger charge is 2.30. The molecule has 1 amide bonds. The van der Waals surface area contributed by atoms with E-state index in [4.69, 9.17) is 4.74 Å². The molecule has 3 nitrogen and oxygen atoms in total. The molecule has 0 fully saturated rings. The van der Waals surface area contributed by atoms with E-state index >= 15 is 0 Å². The molecule has 0 aromatic heterocycles. The number of alkyl halides is 3. The molecular formula is C17H20F3NO2. The van der Waals surface area contributed by atoms with E-state index in [1.54, 1.807) is 27.7 Å². The van der Waals surface area contributed by atoms with E-state index < -0.39 is 23.4 Å². The van der Waals surface area contributed by atoms with Crippen molar-refractivity contribution in [1.82, 2.24) is 5.32 Å². The van der Waals surface area contributed by atoms with Gasteiger partial charge in [-0.15, -0.1) is 0 Å². The van der Waals surface area contributed by atoms with Crippen molar-refractivity contribution in [3.8, 4) is 11.8 Å². The number of halogens is 3. The number of alkyl carbamates (subject to hydrolysis) is 1. The summed E-state index contributed by atoms with van der Waals surface area (Å²) in [6.07, 6.45) is -4.62. The number of carbonyl (C=O) groups is 1. The van der Waals surface area contributed by atoms with Gasteiger partial charge in [0.15, 0.2) is 0 Å². The Balaban J connectivity index is 2.59. The fourth-order valence-electron chi connectivity index (χ4n) is 1.63. The van der Waals surface area contributed by atoms with Crippen LogP contribution < -0.4 is 5.32 Å². The van der Waals surface area contributed by atoms with Gasteiger partial charge in [0.05, 0.1) is 5.56 Å². The van der Waals surface area contributed by atoms with Crippen LogP contribution in [0.15, 0.2) is 18.2 Å². The third kappa shape index (κ3) is 7.09. The topological polar surface area (TPSA) is 38.3 Å². The molecule has 0 aliphatic heterocycles. The molecule has 0 aliphatic carbocycles. The number of carbonyl (C=O) groups excluding carboxylic acids is 1. The molecular weight excluding hydrogens is 307 g/mol. The predicted octanol–water partition coefficient (Wildman–Crippen LogP) is 4.28. The molecule has 1 N–H and O–H groups in total. The van der Waals surface area contributed by atoms with Crippen LogP contribution in [0.25, 0.3) is 0 Å². The van der Waals surface area contributed by atoms with Gasteiger partial charge in [-0.05, 0) is 45.4 Å². The summed E-state index contributed by atoms with van der Waals surface area (Å²) >= 11 is 0. The Morgan fingerprint density at radius 1 is 1.26 bits per heavy atom. The van der Waals surface area contributed by atoms with E-state index in [1.807, 2.05) is 0 Å². The fraction of sp³-hybridized carbons (Fsp3) is 0.471. The minimum Gasteiger partial charge on any atom is -0.444 e. The second-order valence-corrected chi connectivity index (χ2v) is 6.01. The number of ether oxygens (including phenoxy) is 1. The summed E-state index contributed by atoms with van der Waals surface area (Å²) in [5.74, 6) is 5.46. The van der Waals surface area contributed by atoms with Crippen molar-refractivity contribution in [2.24, 2.45) is 0 Å². The lowest BCUT2D eigenvalue weighted by Crippen LogP contribution is -2.32. The maximum absolute atomic E-state index is 12.7. The van der Waals surface area contributed by atoms with Gasteiger partial charge >= 0.3 is 12.3 Å². The lowest BCUT2D eigenvalue weighted by Gasteiger charge is -2.19. The van der Waals surface area contributed by atoms with Crippen LogP contribution in [-0.2, 0) is 10.9 Å². The first-order valence-electron chi connectivity index (χ1n) is 7.12. The summed E-state index contributed by atoms with van der Waals surface area (Å²) in [6, 6.07) is 3.46. The Morgan fingerprint density at radius 2 is 1.91 bits per heavy atom. The number of hydrogen-bond acceptors (Lipinski definition) is 2. The van der Waals surface area contributed by atoms with Gasteiger partial charge in [0, 0.05) is 18.5 Å². The number of hydrogen-bond donors (Lipinski definition) is 1. The molecule has 23 heavy (non-hydrogen) atoms. The van der Waals surface area contributed by atoms with Gasteiger partial charge in [-0.3, -0.25) is 0 Å². The largest absolute Gasteiger partial charge is 0.444 e. The summed E-state index contributed by atoms with van der Waals surface area (Å²) in [6.45, 7) is 7.22. The molecule has 0 heterocycles. The zero-order valence-electron chi connectivity index (χ0n) is 13.6. The Hall–Kier alpha value is -2.16. The summed E-state index contributed by atoms with van der Waals surface area (Å²) in [7, 11) is 0. The maximum atomic E-state index is 12.7. The van der Waals surface area contributed by atoms with Crippen molar-refractivity contribution in [3.05, 3.63) is 34.9 Å². The van der Waals surface area contributed by atoms with Gasteiger partial charge < -0.3 is 10.1 Å². The van der Waals surface area contributed by atoms with Gasteiger partial charge in [0.1, 0.15) is 5.60 Å². The summed E-state index contributed by atoms with van der Waals surface area (Å²) < 4.78 is 43.0. The van der Waals surface area contributed by atoms with Crippen LogP contribution in [-0.4, -0.2) is 18.2 Å². The first-order chi connectivity index (χ1) is 10.5. The molecule has 0 spiro atoms. The Labute approximate surface area is 134 Å². The van der Waals surface area contributed by atoms with Crippen LogP contribution in [0.5, 0.6) is 0 Å². The maximum Gasteiger partial charge on any atom is 0.416 e. The highest BCUT2D eigenvalue weighted by Crippen LogP contribution is 2.30. The number of amides is 1. The number of rotatable bonds is 2. The Bertz CT molecular complexity index is 619. The van der Waals surface area contributed by atoms with Crippen molar-refractivity contribution < 1.29 is 22.7 Å². The third-order valence-electron chi connectivity index (χ3n) is 2.71. The molecule has 6 heteroatoms. The van der Waals surface area contributed by atoms with E-state index in [2.05, 4.69) is 17.2 Å². The molecule has 0 bridgehead atoms. The minimum absolute atomic E-state index is 0.264. The van der Waals surface area contributed by atoms with Crippen LogP contribution in [0.3, 0.4) is 0 Å². The van der Waals surface area contributed by atoms with E-state index in [0.29, 0.717) is 17.5 Å². The standard InChI is InChI=1S/C17H20F3NO2/c1-12-8-9-14(17(18,19)20)11-13(12)7-5-6-10-21-15(22)23-16(2,3)4/h8-9,11H,6,10H2,1-4H3,(H,21,22). The molecule has 0 atom stereocenters. The van der Waals surface area contributed by atoms with Gasteiger partial charge in [-0.2, -0.15) is 13.2 Å². The van der Waals surface area contributed by atoms with Gasteiger partial charge in [-0.25, -0.2) is 4.79 Å². The third-order valence-corrected chi connectivity index (χ3v) is 2.71. The first kappa shape index (κ1) is 18.9. The van der Waals surface area contributed by atoms with Crippen molar-refractivity contribution in [2.45, 2.75) is 45.9 Å². The molecule has 0 saturated heterocycles. The first-order valence-corrected chi connectivity index (χ1v) is 7.12. The second-order valence-electron chi connectivity index (χ2n) is 6.01. The normalized spacial score (nSPS) is 11.4. The predicted molar refractivity (Wildman–Crippen MR) is 81.9 cm³/mol. The lowest BCUT2D eigenvalue weighted by molar-refractivity contribution is -0.137. The van der Waals surface area contributed by atoms with Crippen LogP contribution in [0.1, 0.15) is 43.9 Å². The second kappa shape index (κ2) is 7.40. The SMILES string of the molecule is Cc1ccc(C(F)(F)F)cc1C#CCCNC(=O)OC(C)(C)C. The molecule has 126 valence electrons. The molecule has 0 unspecified atom stereocenters. The van der Waals surface area contributed by atoms with E-state index in [-0.39, 0.29) is 6.54 Å². The lowest BCUT2D eigenvalue weighted by atomic mass is 10.0. The molecule has 0 radical (unpaired) electrons. The minimum atomic E-state index is -4.39. The van der Waals surface area contributed by atoms with Crippen LogP contribution >= 0.6 is 0 Å². The van der Waals surface area contributed by atoms with Crippen LogP contribution in [0.4, 0.5) is 18.0 Å². The summed E-state index contributed by atoms with van der Waals surface area (Å²) in [4.78, 5) is 11.4. The molecule has 0 saturated carbocycles. The number of benzene rings is 1. The van der Waals surface area contributed by atoms with Crippen molar-refractivity contribution in [1.29, 1.82) is 0 Å². The number of aryl methyl sites for hydroxylation is 1. The summed E-state index contributed by atoms with van der Waals surface area (Å²) in [5.41, 5.74) is -0.299. The zero-order valence-corrected chi connectivity index (χ0v) is 13.6. The molecule has 1 aromatic rings. The van der Waals surface area contributed by atoms with E-state index in [1.165, 1.54) is 6.07 Å². The van der Waals surface area contributed by atoms with Gasteiger partial charge in [-0.1, -0.05) is 17.9 Å². The summed E-state index contributed by atoms with van der Waals surface area (Å²) in [5, 5.41) is 2.53. The Kier molecular flexibility index (Phi) is 6.08. The van der Waals surface area contributed by atoms with Crippen molar-refractivity contribution in [3.63, 3.8) is 0 Å². The highest BCUT2D eigenvalue weighted by atomic mass is 19.4. The highest BCUT2D eigenvalue weighted by molar-refractivity contribution is 5.67. The smallest absolute Gasteiger partial charge is 0.416 e. The average molecular weight is 327 g/mol. The van der Waals surface area contributed by atoms with Crippen LogP contribution in [0, 0.1) is 18.8 Å². The van der Waals surface area contributed by atoms with Crippen molar-refractivity contribution >= 4 is 6.09 Å². The Morgan fingerprint density at radius 3 is 2.48 bits per heavy atom. The van der Waals surface area contributed by atoms with Gasteiger partial charge in [0.2, 0.25) is 0 Å². The molecule has 1 aromatic carbocycles. The zero-order chi connectivity index (χ0) is 17.7. The molecule has 1 rings (SSSR count). The van der Waals surface area contributed by atoms with Crippen LogP contribution in [0.2, 0.25) is 0 Å². The van der Waals surface area contributed by atoms with Gasteiger partial charge in [0.25, 0.3) is 0 Å². The quantitative estimate of drug-likeness (QED) is 0.650. The van der Waals surface area contributed by atoms with Crippen molar-refractivity contribution in [2.75, 3.05) is 6.54 Å².